The van der Waals surface area contributed by atoms with Gasteiger partial charge in [0.25, 0.3) is 0 Å². The Morgan fingerprint density at radius 2 is 2.16 bits per heavy atom. The number of nitrogens with one attached hydrogen (secondary N) is 1. The number of aliphatic hydroxyl groups is 1. The number of nitrogens with zero attached hydrogens (tertiary/aromatic N) is 2. The van der Waals surface area contributed by atoms with Gasteiger partial charge in [0.05, 0.1) is 31.6 Å². The fourth-order valence-corrected chi connectivity index (χ4v) is 3.92. The van der Waals surface area contributed by atoms with E-state index < -0.39 is 0 Å². The van der Waals surface area contributed by atoms with Gasteiger partial charge in [-0.05, 0) is 48.1 Å². The lowest BCUT2D eigenvalue weighted by Crippen LogP contribution is -2.22. The molecule has 2 aromatic carbocycles. The van der Waals surface area contributed by atoms with Crippen LogP contribution in [0.1, 0.15) is 54.1 Å². The average Bonchev–Trinajstić information content (AvgIpc) is 3.22. The van der Waals surface area contributed by atoms with Gasteiger partial charge in [-0.1, -0.05) is 38.6 Å². The molecule has 0 radical (unpaired) electrons. The lowest BCUT2D eigenvalue weighted by Gasteiger charge is -2.15. The van der Waals surface area contributed by atoms with Gasteiger partial charge < -0.3 is 19.9 Å². The maximum absolute atomic E-state index is 9.56. The molecule has 1 aliphatic rings. The van der Waals surface area contributed by atoms with Crippen LogP contribution >= 0.6 is 0 Å². The molecule has 3 rings (SSSR count). The molecule has 0 amide bonds. The topological polar surface area (TPSA) is 86.9 Å². The van der Waals surface area contributed by atoms with E-state index in [1.807, 2.05) is 18.2 Å². The molecule has 0 fully saturated rings. The maximum Gasteiger partial charge on any atom is 0.221 e. The van der Waals surface area contributed by atoms with Gasteiger partial charge in [0, 0.05) is 23.7 Å². The lowest BCUT2D eigenvalue weighted by molar-refractivity contribution is 0.270. The van der Waals surface area contributed by atoms with Crippen molar-refractivity contribution in [3.8, 4) is 11.8 Å². The fourth-order valence-electron chi connectivity index (χ4n) is 3.92. The highest BCUT2D eigenvalue weighted by molar-refractivity contribution is 5.98. The summed E-state index contributed by atoms with van der Waals surface area (Å²) < 4.78 is 11.3. The maximum atomic E-state index is 9.56. The molecule has 0 bridgehead atoms. The standard InChI is InChI=1S/C26H31N3O3/c1-17(2)16-32-25-11-8-19(14-20(25)15-27)26(31-4)29-18(3)21-6-5-7-23-22(21)9-10-24(23)28-12-13-30/h5-8,11,14,17,24,28,30H,3,9-10,12-13,16H2,1-2,4H3. The number of methoxy groups -OCH3 is 1. The zero-order valence-corrected chi connectivity index (χ0v) is 19.0. The van der Waals surface area contributed by atoms with Crippen molar-refractivity contribution in [3.05, 3.63) is 70.8 Å². The van der Waals surface area contributed by atoms with E-state index in [1.165, 1.54) is 11.1 Å². The smallest absolute Gasteiger partial charge is 0.221 e. The van der Waals surface area contributed by atoms with Crippen molar-refractivity contribution in [2.45, 2.75) is 32.7 Å². The van der Waals surface area contributed by atoms with E-state index in [0.29, 0.717) is 47.5 Å². The van der Waals surface area contributed by atoms with Crippen molar-refractivity contribution < 1.29 is 14.6 Å². The molecule has 1 atom stereocenters. The second kappa shape index (κ2) is 10.9. The Balaban J connectivity index is 1.87. The van der Waals surface area contributed by atoms with Crippen LogP contribution < -0.4 is 10.1 Å². The second-order valence-corrected chi connectivity index (χ2v) is 8.24. The van der Waals surface area contributed by atoms with E-state index in [0.717, 1.165) is 18.4 Å². The molecular formula is C26H31N3O3. The van der Waals surface area contributed by atoms with Crippen LogP contribution in [0.3, 0.4) is 0 Å². The minimum atomic E-state index is 0.117. The SMILES string of the molecule is C=C(N=C(OC)c1ccc(OCC(C)C)c(C#N)c1)c1cccc2c1CCC2NCCO. The highest BCUT2D eigenvalue weighted by atomic mass is 16.5. The predicted octanol–water partition coefficient (Wildman–Crippen LogP) is 4.23. The molecule has 0 saturated heterocycles. The van der Waals surface area contributed by atoms with Gasteiger partial charge in [-0.3, -0.25) is 0 Å². The summed E-state index contributed by atoms with van der Waals surface area (Å²) >= 11 is 0. The van der Waals surface area contributed by atoms with Crippen LogP contribution in [-0.2, 0) is 11.2 Å². The molecule has 2 N–H and O–H groups in total. The van der Waals surface area contributed by atoms with E-state index in [1.54, 1.807) is 19.2 Å². The van der Waals surface area contributed by atoms with Crippen molar-refractivity contribution in [1.82, 2.24) is 5.32 Å². The fraction of sp³-hybridized carbons (Fsp3) is 0.385. The Bertz CT molecular complexity index is 1040. The van der Waals surface area contributed by atoms with Crippen LogP contribution in [0.5, 0.6) is 5.75 Å². The van der Waals surface area contributed by atoms with Gasteiger partial charge in [-0.2, -0.15) is 5.26 Å². The molecule has 1 unspecified atom stereocenters. The van der Waals surface area contributed by atoms with Crippen LogP contribution in [-0.4, -0.2) is 37.9 Å². The summed E-state index contributed by atoms with van der Waals surface area (Å²) in [5, 5.41) is 22.1. The van der Waals surface area contributed by atoms with Crippen molar-refractivity contribution in [3.63, 3.8) is 0 Å². The number of benzene rings is 2. The molecule has 6 nitrogen and oxygen atoms in total. The van der Waals surface area contributed by atoms with Crippen molar-refractivity contribution in [2.24, 2.45) is 10.9 Å². The Labute approximate surface area is 190 Å². The van der Waals surface area contributed by atoms with Gasteiger partial charge >= 0.3 is 0 Å². The van der Waals surface area contributed by atoms with E-state index in [9.17, 15) is 5.26 Å². The van der Waals surface area contributed by atoms with E-state index in [-0.39, 0.29) is 12.6 Å². The quantitative estimate of drug-likeness (QED) is 0.457. The molecular weight excluding hydrogens is 402 g/mol. The van der Waals surface area contributed by atoms with Crippen molar-refractivity contribution in [1.29, 1.82) is 5.26 Å². The van der Waals surface area contributed by atoms with Gasteiger partial charge in [-0.15, -0.1) is 0 Å². The predicted molar refractivity (Wildman–Crippen MR) is 127 cm³/mol. The minimum Gasteiger partial charge on any atom is -0.492 e. The van der Waals surface area contributed by atoms with E-state index >= 15 is 0 Å². The summed E-state index contributed by atoms with van der Waals surface area (Å²) in [5.41, 5.74) is 5.18. The Hall–Kier alpha value is -3.14. The number of aliphatic imine (C=N–C) groups is 1. The van der Waals surface area contributed by atoms with Crippen LogP contribution in [0.25, 0.3) is 5.70 Å². The van der Waals surface area contributed by atoms with Crippen LogP contribution in [0, 0.1) is 17.2 Å². The van der Waals surface area contributed by atoms with Gasteiger partial charge in [-0.25, -0.2) is 4.99 Å². The molecule has 0 saturated carbocycles. The largest absolute Gasteiger partial charge is 0.492 e. The first kappa shape index (κ1) is 23.5. The summed E-state index contributed by atoms with van der Waals surface area (Å²) in [7, 11) is 1.56. The van der Waals surface area contributed by atoms with Crippen LogP contribution in [0.2, 0.25) is 0 Å². The summed E-state index contributed by atoms with van der Waals surface area (Å²) in [6, 6.07) is 13.9. The number of aliphatic hydroxyl groups excluding tert-OH is 1. The summed E-state index contributed by atoms with van der Waals surface area (Å²) in [6.45, 7) is 9.55. The van der Waals surface area contributed by atoms with E-state index in [2.05, 4.69) is 42.9 Å². The first-order chi connectivity index (χ1) is 15.5. The molecule has 6 heteroatoms. The highest BCUT2D eigenvalue weighted by Crippen LogP contribution is 2.36. The molecule has 0 heterocycles. The van der Waals surface area contributed by atoms with Crippen molar-refractivity contribution >= 4 is 11.6 Å². The number of fused-ring (bicyclic) bond motifs is 1. The monoisotopic (exact) mass is 433 g/mol. The minimum absolute atomic E-state index is 0.117. The molecule has 1 aliphatic carbocycles. The number of hydrogen-bond acceptors (Lipinski definition) is 6. The van der Waals surface area contributed by atoms with Gasteiger partial charge in [0.2, 0.25) is 5.90 Å². The first-order valence-electron chi connectivity index (χ1n) is 10.9. The summed E-state index contributed by atoms with van der Waals surface area (Å²) in [5.74, 6) is 1.32. The third kappa shape index (κ3) is 5.37. The van der Waals surface area contributed by atoms with Gasteiger partial charge in [0.1, 0.15) is 11.8 Å². The Morgan fingerprint density at radius 1 is 1.34 bits per heavy atom. The third-order valence-corrected chi connectivity index (χ3v) is 5.43. The zero-order valence-electron chi connectivity index (χ0n) is 19.0. The summed E-state index contributed by atoms with van der Waals surface area (Å²) in [4.78, 5) is 4.67. The Kier molecular flexibility index (Phi) is 8.04. The molecule has 0 aromatic heterocycles. The Morgan fingerprint density at radius 3 is 2.84 bits per heavy atom. The molecule has 0 spiro atoms. The summed E-state index contributed by atoms with van der Waals surface area (Å²) in [6.07, 6.45) is 1.90. The van der Waals surface area contributed by atoms with Crippen molar-refractivity contribution in [2.75, 3.05) is 26.9 Å². The van der Waals surface area contributed by atoms with E-state index in [4.69, 9.17) is 14.6 Å². The number of nitriles is 1. The van der Waals surface area contributed by atoms with Gasteiger partial charge in [0.15, 0.2) is 0 Å². The zero-order chi connectivity index (χ0) is 23.1. The first-order valence-corrected chi connectivity index (χ1v) is 10.9. The highest BCUT2D eigenvalue weighted by Gasteiger charge is 2.24. The molecule has 0 aliphatic heterocycles. The number of rotatable bonds is 9. The van der Waals surface area contributed by atoms with Crippen LogP contribution in [0.4, 0.5) is 0 Å². The number of hydrogen-bond donors (Lipinski definition) is 2. The molecule has 32 heavy (non-hydrogen) atoms. The lowest BCUT2D eigenvalue weighted by atomic mass is 10.0. The number of ether oxygens (including phenoxy) is 2. The third-order valence-electron chi connectivity index (χ3n) is 5.43. The molecule has 2 aromatic rings. The second-order valence-electron chi connectivity index (χ2n) is 8.24. The molecule has 168 valence electrons. The average molecular weight is 434 g/mol. The normalized spacial score (nSPS) is 15.4. The van der Waals surface area contributed by atoms with Crippen LogP contribution in [0.15, 0.2) is 48.0 Å².